The molecule has 3 aliphatic heterocycles. The van der Waals surface area contributed by atoms with E-state index in [-0.39, 0.29) is 48.5 Å². The summed E-state index contributed by atoms with van der Waals surface area (Å²) >= 11 is 0. The Kier molecular flexibility index (Phi) is 5.62. The van der Waals surface area contributed by atoms with Gasteiger partial charge in [-0.1, -0.05) is 23.7 Å². The Morgan fingerprint density at radius 2 is 1.76 bits per heavy atom. The highest BCUT2D eigenvalue weighted by Gasteiger charge is 2.38. The van der Waals surface area contributed by atoms with E-state index in [0.29, 0.717) is 11.1 Å². The molecule has 154 valence electrons. The first-order chi connectivity index (χ1) is 14.1. The van der Waals surface area contributed by atoms with Gasteiger partial charge in [-0.25, -0.2) is 4.79 Å². The fourth-order valence-corrected chi connectivity index (χ4v) is 4.62. The third-order valence-electron chi connectivity index (χ3n) is 6.11. The van der Waals surface area contributed by atoms with E-state index in [1.54, 1.807) is 24.3 Å². The molecule has 1 aromatic carbocycles. The van der Waals surface area contributed by atoms with Crippen LogP contribution in [0.4, 0.5) is 0 Å². The Morgan fingerprint density at radius 3 is 2.48 bits per heavy atom. The van der Waals surface area contributed by atoms with Gasteiger partial charge >= 0.3 is 5.97 Å². The summed E-state index contributed by atoms with van der Waals surface area (Å²) in [6.07, 6.45) is 5.27. The molecule has 2 N–H and O–H groups in total. The van der Waals surface area contributed by atoms with E-state index in [4.69, 9.17) is 10.6 Å². The number of hydrogen-bond acceptors (Lipinski definition) is 6. The van der Waals surface area contributed by atoms with Crippen molar-refractivity contribution in [2.24, 2.45) is 16.8 Å². The molecule has 2 fully saturated rings. The monoisotopic (exact) mass is 398 g/mol. The Hall–Kier alpha value is -2.74. The highest BCUT2D eigenvalue weighted by Crippen LogP contribution is 2.31. The van der Waals surface area contributed by atoms with Gasteiger partial charge in [0.25, 0.3) is 11.8 Å². The third kappa shape index (κ3) is 3.89. The van der Waals surface area contributed by atoms with Crippen LogP contribution in [0.25, 0.3) is 0 Å². The molecular formula is C21H26N4O4. The number of oxime groups is 1. The van der Waals surface area contributed by atoms with Gasteiger partial charge in [0.15, 0.2) is 0 Å². The normalized spacial score (nSPS) is 25.0. The molecule has 0 saturated carbocycles. The van der Waals surface area contributed by atoms with Crippen molar-refractivity contribution in [1.29, 1.82) is 0 Å². The minimum atomic E-state index is -0.342. The number of fused-ring (bicyclic) bond motifs is 2. The van der Waals surface area contributed by atoms with Crippen LogP contribution in [0.3, 0.4) is 0 Å². The summed E-state index contributed by atoms with van der Waals surface area (Å²) in [5, 5.41) is 3.77. The predicted octanol–water partition coefficient (Wildman–Crippen LogP) is 1.75. The third-order valence-corrected chi connectivity index (χ3v) is 6.11. The molecule has 3 aliphatic rings. The molecule has 0 aliphatic carbocycles. The fraction of sp³-hybridized carbons (Fsp3) is 0.524. The summed E-state index contributed by atoms with van der Waals surface area (Å²) in [6.45, 7) is 2.18. The lowest BCUT2D eigenvalue weighted by Gasteiger charge is -2.42. The summed E-state index contributed by atoms with van der Waals surface area (Å²) < 4.78 is 0. The first kappa shape index (κ1) is 19.6. The summed E-state index contributed by atoms with van der Waals surface area (Å²) in [7, 11) is 0. The Labute approximate surface area is 169 Å². The Morgan fingerprint density at radius 1 is 1.07 bits per heavy atom. The average Bonchev–Trinajstić information content (AvgIpc) is 3.00. The number of amides is 2. The largest absolute Gasteiger partial charge is 0.384 e. The van der Waals surface area contributed by atoms with Crippen molar-refractivity contribution in [2.75, 3.05) is 19.6 Å². The van der Waals surface area contributed by atoms with Gasteiger partial charge in [0.2, 0.25) is 0 Å². The second kappa shape index (κ2) is 8.32. The number of hydrogen-bond donors (Lipinski definition) is 1. The van der Waals surface area contributed by atoms with Crippen LogP contribution in [0.15, 0.2) is 29.4 Å². The van der Waals surface area contributed by atoms with E-state index in [1.165, 1.54) is 6.42 Å². The highest BCUT2D eigenvalue weighted by atomic mass is 16.7. The minimum absolute atomic E-state index is 0.0891. The predicted molar refractivity (Wildman–Crippen MR) is 106 cm³/mol. The van der Waals surface area contributed by atoms with Crippen LogP contribution in [-0.2, 0) is 9.63 Å². The number of nitrogens with zero attached hydrogens (tertiary/aromatic N) is 3. The van der Waals surface area contributed by atoms with Gasteiger partial charge in [0.05, 0.1) is 17.0 Å². The second-order valence-corrected chi connectivity index (χ2v) is 7.90. The number of carbonyl (C=O) groups excluding carboxylic acids is 3. The Balaban J connectivity index is 1.31. The zero-order valence-corrected chi connectivity index (χ0v) is 16.4. The quantitative estimate of drug-likeness (QED) is 0.266. The summed E-state index contributed by atoms with van der Waals surface area (Å²) in [5.74, 6) is -1.10. The molecular weight excluding hydrogens is 372 g/mol. The summed E-state index contributed by atoms with van der Waals surface area (Å²) in [4.78, 5) is 45.9. The number of piperidine rings is 2. The Bertz CT molecular complexity index is 816. The highest BCUT2D eigenvalue weighted by molar-refractivity contribution is 6.21. The lowest BCUT2D eigenvalue weighted by Crippen LogP contribution is -2.50. The van der Waals surface area contributed by atoms with Gasteiger partial charge in [0.1, 0.15) is 5.84 Å². The standard InChI is InChI=1S/C21H26N4O4/c22-18(10-13-25-19(26)14-6-1-2-7-15(14)20(25)27)23-29-21(28)16-8-5-12-24-11-4-3-9-17(16)24/h1-2,6-7,16-17H,3-5,8-13H2,(H2,22,23)/t16-,17-/m1/s1. The molecule has 0 aromatic heterocycles. The van der Waals surface area contributed by atoms with Crippen LogP contribution in [-0.4, -0.2) is 59.1 Å². The number of nitrogens with two attached hydrogens (primary N) is 1. The maximum absolute atomic E-state index is 12.5. The molecule has 0 radical (unpaired) electrons. The number of imide groups is 1. The molecule has 1 aromatic rings. The van der Waals surface area contributed by atoms with Crippen molar-refractivity contribution >= 4 is 23.6 Å². The van der Waals surface area contributed by atoms with Crippen LogP contribution in [0, 0.1) is 5.92 Å². The first-order valence-corrected chi connectivity index (χ1v) is 10.3. The maximum Gasteiger partial charge on any atom is 0.339 e. The molecule has 0 bridgehead atoms. The summed E-state index contributed by atoms with van der Waals surface area (Å²) in [6, 6.07) is 6.95. The lowest BCUT2D eigenvalue weighted by atomic mass is 9.84. The molecule has 2 atom stereocenters. The summed E-state index contributed by atoms with van der Waals surface area (Å²) in [5.41, 5.74) is 6.66. The second-order valence-electron chi connectivity index (χ2n) is 7.90. The van der Waals surface area contributed by atoms with Crippen molar-refractivity contribution in [3.05, 3.63) is 35.4 Å². The molecule has 2 saturated heterocycles. The maximum atomic E-state index is 12.5. The van der Waals surface area contributed by atoms with Gasteiger partial charge < -0.3 is 10.6 Å². The van der Waals surface area contributed by atoms with Crippen molar-refractivity contribution in [3.8, 4) is 0 Å². The smallest absolute Gasteiger partial charge is 0.339 e. The molecule has 8 nitrogen and oxygen atoms in total. The van der Waals surface area contributed by atoms with Gasteiger partial charge in [-0.15, -0.1) is 0 Å². The van der Waals surface area contributed by atoms with Crippen molar-refractivity contribution < 1.29 is 19.2 Å². The zero-order chi connectivity index (χ0) is 20.4. The molecule has 4 rings (SSSR count). The number of amidine groups is 1. The van der Waals surface area contributed by atoms with Crippen molar-refractivity contribution in [2.45, 2.75) is 44.6 Å². The SMILES string of the molecule is N/C(CCN1C(=O)c2ccccc2C1=O)=N/OC(=O)[C@@H]1CCCN2CCCC[C@H]12. The van der Waals surface area contributed by atoms with Gasteiger partial charge in [0, 0.05) is 19.0 Å². The van der Waals surface area contributed by atoms with Crippen molar-refractivity contribution in [3.63, 3.8) is 0 Å². The number of rotatable bonds is 5. The lowest BCUT2D eigenvalue weighted by molar-refractivity contribution is -0.153. The fourth-order valence-electron chi connectivity index (χ4n) is 4.62. The number of benzene rings is 1. The topological polar surface area (TPSA) is 105 Å². The zero-order valence-electron chi connectivity index (χ0n) is 16.4. The van der Waals surface area contributed by atoms with E-state index >= 15 is 0 Å². The molecule has 0 unspecified atom stereocenters. The number of carbonyl (C=O) groups is 3. The van der Waals surface area contributed by atoms with Crippen LogP contribution in [0.2, 0.25) is 0 Å². The van der Waals surface area contributed by atoms with Crippen LogP contribution in [0.1, 0.15) is 59.2 Å². The van der Waals surface area contributed by atoms with E-state index in [2.05, 4.69) is 10.1 Å². The van der Waals surface area contributed by atoms with E-state index in [9.17, 15) is 14.4 Å². The van der Waals surface area contributed by atoms with Crippen LogP contribution in [0.5, 0.6) is 0 Å². The van der Waals surface area contributed by atoms with Gasteiger partial charge in [-0.2, -0.15) is 0 Å². The molecule has 8 heteroatoms. The molecule has 0 spiro atoms. The average molecular weight is 398 g/mol. The van der Waals surface area contributed by atoms with Gasteiger partial charge in [-0.3, -0.25) is 19.4 Å². The van der Waals surface area contributed by atoms with Gasteiger partial charge in [-0.05, 0) is 50.9 Å². The van der Waals surface area contributed by atoms with Crippen molar-refractivity contribution in [1.82, 2.24) is 9.80 Å². The van der Waals surface area contributed by atoms with E-state index < -0.39 is 0 Å². The minimum Gasteiger partial charge on any atom is -0.384 e. The molecule has 3 heterocycles. The molecule has 2 amide bonds. The van der Waals surface area contributed by atoms with E-state index in [0.717, 1.165) is 43.7 Å². The van der Waals surface area contributed by atoms with Crippen LogP contribution >= 0.6 is 0 Å². The first-order valence-electron chi connectivity index (χ1n) is 10.3. The molecule has 29 heavy (non-hydrogen) atoms. The van der Waals surface area contributed by atoms with Crippen LogP contribution < -0.4 is 5.73 Å². The van der Waals surface area contributed by atoms with E-state index in [1.807, 2.05) is 0 Å².